The van der Waals surface area contributed by atoms with Crippen molar-refractivity contribution >= 4 is 33.2 Å². The van der Waals surface area contributed by atoms with Gasteiger partial charge in [0.25, 0.3) is 5.69 Å². The number of nitro groups is 1. The molecule has 0 saturated carbocycles. The van der Waals surface area contributed by atoms with Crippen molar-refractivity contribution in [2.75, 3.05) is 16.9 Å². The first-order valence-corrected chi connectivity index (χ1v) is 8.93. The largest absolute Gasteiger partial charge is 0.318 e. The topological polar surface area (TPSA) is 127 Å². The molecule has 2 rings (SSSR count). The van der Waals surface area contributed by atoms with Crippen molar-refractivity contribution in [2.24, 2.45) is 5.84 Å². The van der Waals surface area contributed by atoms with E-state index in [-0.39, 0.29) is 22.3 Å². The Hall–Kier alpha value is -1.36. The van der Waals surface area contributed by atoms with Crippen LogP contribution in [-0.4, -0.2) is 30.9 Å². The van der Waals surface area contributed by atoms with E-state index in [1.807, 2.05) is 0 Å². The number of nitro benzene ring substituents is 1. The molecule has 0 amide bonds. The molecule has 8 nitrogen and oxygen atoms in total. The van der Waals surface area contributed by atoms with Crippen molar-refractivity contribution in [3.63, 3.8) is 0 Å². The summed E-state index contributed by atoms with van der Waals surface area (Å²) in [4.78, 5) is 10.1. The lowest BCUT2D eigenvalue weighted by Crippen LogP contribution is -2.38. The third-order valence-electron chi connectivity index (χ3n) is 3.11. The minimum Gasteiger partial charge on any atom is -0.318 e. The molecular weight excluding hydrogens is 316 g/mol. The number of sulfonamides is 1. The zero-order chi connectivity index (χ0) is 15.5. The molecule has 1 unspecified atom stereocenters. The van der Waals surface area contributed by atoms with Gasteiger partial charge in [0.15, 0.2) is 0 Å². The summed E-state index contributed by atoms with van der Waals surface area (Å²) in [6.45, 7) is 0. The Kier molecular flexibility index (Phi) is 5.04. The smallest absolute Gasteiger partial charge is 0.293 e. The highest BCUT2D eigenvalue weighted by molar-refractivity contribution is 7.99. The molecule has 1 atom stereocenters. The first-order chi connectivity index (χ1) is 9.94. The van der Waals surface area contributed by atoms with E-state index in [1.54, 1.807) is 11.8 Å². The van der Waals surface area contributed by atoms with E-state index in [0.717, 1.165) is 36.5 Å². The van der Waals surface area contributed by atoms with Crippen LogP contribution in [-0.2, 0) is 10.0 Å². The van der Waals surface area contributed by atoms with Crippen molar-refractivity contribution in [2.45, 2.75) is 23.8 Å². The quantitative estimate of drug-likeness (QED) is 0.418. The lowest BCUT2D eigenvalue weighted by atomic mass is 10.2. The minimum absolute atomic E-state index is 0.0408. The average Bonchev–Trinajstić information content (AvgIpc) is 2.47. The van der Waals surface area contributed by atoms with Gasteiger partial charge in [0, 0.05) is 17.9 Å². The maximum atomic E-state index is 12.3. The Labute approximate surface area is 126 Å². The van der Waals surface area contributed by atoms with Gasteiger partial charge in [-0.15, -0.1) is 0 Å². The highest BCUT2D eigenvalue weighted by atomic mass is 32.2. The molecule has 0 aliphatic carbocycles. The van der Waals surface area contributed by atoms with Gasteiger partial charge in [-0.1, -0.05) is 0 Å². The summed E-state index contributed by atoms with van der Waals surface area (Å²) in [5.41, 5.74) is 1.84. The van der Waals surface area contributed by atoms with Gasteiger partial charge in [0.1, 0.15) is 5.69 Å². The Morgan fingerprint density at radius 2 is 2.19 bits per heavy atom. The van der Waals surface area contributed by atoms with Crippen molar-refractivity contribution in [1.82, 2.24) is 4.72 Å². The summed E-state index contributed by atoms with van der Waals surface area (Å²) in [6, 6.07) is 3.38. The van der Waals surface area contributed by atoms with E-state index < -0.39 is 14.9 Å². The number of benzene rings is 1. The molecule has 116 valence electrons. The lowest BCUT2D eigenvalue weighted by molar-refractivity contribution is -0.384. The second-order valence-electron chi connectivity index (χ2n) is 4.62. The van der Waals surface area contributed by atoms with E-state index in [9.17, 15) is 18.5 Å². The Morgan fingerprint density at radius 3 is 2.76 bits per heavy atom. The predicted molar refractivity (Wildman–Crippen MR) is 81.6 cm³/mol. The van der Waals surface area contributed by atoms with Crippen LogP contribution in [0.4, 0.5) is 11.4 Å². The minimum atomic E-state index is -3.72. The van der Waals surface area contributed by atoms with Crippen molar-refractivity contribution < 1.29 is 13.3 Å². The zero-order valence-electron chi connectivity index (χ0n) is 11.1. The molecule has 0 spiro atoms. The molecule has 1 fully saturated rings. The van der Waals surface area contributed by atoms with Crippen LogP contribution in [0.2, 0.25) is 0 Å². The fourth-order valence-electron chi connectivity index (χ4n) is 2.08. The number of hydrazine groups is 1. The number of hydrogen-bond acceptors (Lipinski definition) is 7. The summed E-state index contributed by atoms with van der Waals surface area (Å²) in [7, 11) is -3.72. The van der Waals surface area contributed by atoms with Gasteiger partial charge in [-0.25, -0.2) is 13.1 Å². The lowest BCUT2D eigenvalue weighted by Gasteiger charge is -2.22. The van der Waals surface area contributed by atoms with Crippen LogP contribution in [0.1, 0.15) is 12.8 Å². The second kappa shape index (κ2) is 6.60. The Balaban J connectivity index is 2.25. The fourth-order valence-corrected chi connectivity index (χ4v) is 4.55. The van der Waals surface area contributed by atoms with Crippen LogP contribution in [0, 0.1) is 10.1 Å². The van der Waals surface area contributed by atoms with Crippen LogP contribution in [0.25, 0.3) is 0 Å². The van der Waals surface area contributed by atoms with Crippen LogP contribution in [0.3, 0.4) is 0 Å². The maximum Gasteiger partial charge on any atom is 0.293 e. The molecule has 0 aromatic heterocycles. The van der Waals surface area contributed by atoms with Crippen LogP contribution in [0.15, 0.2) is 23.1 Å². The van der Waals surface area contributed by atoms with Gasteiger partial charge in [0.05, 0.1) is 9.82 Å². The molecule has 1 aromatic rings. The Bertz CT molecular complexity index is 629. The molecule has 1 aliphatic heterocycles. The van der Waals surface area contributed by atoms with Crippen LogP contribution >= 0.6 is 11.8 Å². The van der Waals surface area contributed by atoms with Crippen molar-refractivity contribution in [3.8, 4) is 0 Å². The number of nitrogens with zero attached hydrogens (tertiary/aromatic N) is 1. The number of nitrogens with two attached hydrogens (primary N) is 1. The van der Waals surface area contributed by atoms with Gasteiger partial charge in [-0.05, 0) is 30.7 Å². The number of hydrogen-bond donors (Lipinski definition) is 3. The molecule has 0 bridgehead atoms. The summed E-state index contributed by atoms with van der Waals surface area (Å²) in [5.74, 6) is 6.98. The van der Waals surface area contributed by atoms with Gasteiger partial charge in [0.2, 0.25) is 10.0 Å². The molecular formula is C11H16N4O4S2. The average molecular weight is 332 g/mol. The third kappa shape index (κ3) is 3.84. The van der Waals surface area contributed by atoms with Gasteiger partial charge in [-0.2, -0.15) is 11.8 Å². The van der Waals surface area contributed by atoms with Crippen LogP contribution in [0.5, 0.6) is 0 Å². The number of rotatable bonds is 5. The van der Waals surface area contributed by atoms with Gasteiger partial charge >= 0.3 is 0 Å². The highest BCUT2D eigenvalue weighted by Gasteiger charge is 2.24. The zero-order valence-corrected chi connectivity index (χ0v) is 12.7. The van der Waals surface area contributed by atoms with Gasteiger partial charge < -0.3 is 5.43 Å². The number of thioether (sulfide) groups is 1. The highest BCUT2D eigenvalue weighted by Crippen LogP contribution is 2.27. The van der Waals surface area contributed by atoms with E-state index in [1.165, 1.54) is 6.07 Å². The summed E-state index contributed by atoms with van der Waals surface area (Å²) >= 11 is 1.70. The molecule has 1 heterocycles. The second-order valence-corrected chi connectivity index (χ2v) is 7.48. The fraction of sp³-hybridized carbons (Fsp3) is 0.455. The third-order valence-corrected chi connectivity index (χ3v) is 5.85. The first-order valence-electron chi connectivity index (χ1n) is 6.29. The SMILES string of the molecule is NNc1cc(S(=O)(=O)NC2CCCSC2)ccc1[N+](=O)[O-]. The number of anilines is 1. The van der Waals surface area contributed by atoms with Crippen LogP contribution < -0.4 is 16.0 Å². The van der Waals surface area contributed by atoms with E-state index >= 15 is 0 Å². The van der Waals surface area contributed by atoms with Crippen molar-refractivity contribution in [1.29, 1.82) is 0 Å². The Morgan fingerprint density at radius 1 is 1.43 bits per heavy atom. The summed E-state index contributed by atoms with van der Waals surface area (Å²) in [5, 5.41) is 10.8. The number of nitrogen functional groups attached to an aromatic ring is 1. The van der Waals surface area contributed by atoms with E-state index in [0.29, 0.717) is 0 Å². The molecule has 1 aliphatic rings. The molecule has 1 saturated heterocycles. The van der Waals surface area contributed by atoms with Gasteiger partial charge in [-0.3, -0.25) is 16.0 Å². The molecule has 1 aromatic carbocycles. The standard InChI is InChI=1S/C11H16N4O4S2/c12-13-10-6-9(3-4-11(10)15(16)17)21(18,19)14-8-2-1-5-20-7-8/h3-4,6,8,13-14H,1-2,5,7,12H2. The summed E-state index contributed by atoms with van der Waals surface area (Å²) in [6.07, 6.45) is 1.76. The van der Waals surface area contributed by atoms with Crippen molar-refractivity contribution in [3.05, 3.63) is 28.3 Å². The summed E-state index contributed by atoms with van der Waals surface area (Å²) < 4.78 is 27.2. The van der Waals surface area contributed by atoms with E-state index in [4.69, 9.17) is 5.84 Å². The van der Waals surface area contributed by atoms with E-state index in [2.05, 4.69) is 10.1 Å². The normalized spacial score (nSPS) is 19.2. The predicted octanol–water partition coefficient (Wildman–Crippen LogP) is 1.05. The molecule has 10 heteroatoms. The maximum absolute atomic E-state index is 12.3. The molecule has 0 radical (unpaired) electrons. The monoisotopic (exact) mass is 332 g/mol. The first kappa shape index (κ1) is 16.0. The molecule has 4 N–H and O–H groups in total. The molecule has 21 heavy (non-hydrogen) atoms. The number of nitrogens with one attached hydrogen (secondary N) is 2.